The van der Waals surface area contributed by atoms with Gasteiger partial charge in [-0.1, -0.05) is 54.1 Å². The van der Waals surface area contributed by atoms with Crippen molar-refractivity contribution in [3.8, 4) is 22.5 Å². The number of carbonyl (C=O) groups excluding carboxylic acids is 1. The molecule has 0 aliphatic rings. The van der Waals surface area contributed by atoms with Gasteiger partial charge in [-0.2, -0.15) is 0 Å². The van der Waals surface area contributed by atoms with Crippen molar-refractivity contribution < 1.29 is 4.79 Å². The van der Waals surface area contributed by atoms with Gasteiger partial charge >= 0.3 is 0 Å². The molecule has 25 heavy (non-hydrogen) atoms. The van der Waals surface area contributed by atoms with Crippen LogP contribution in [0.25, 0.3) is 27.5 Å². The first kappa shape index (κ1) is 15.8. The van der Waals surface area contributed by atoms with Gasteiger partial charge in [0.2, 0.25) is 0 Å². The largest absolute Gasteiger partial charge is 0.296 e. The normalized spacial score (nSPS) is 11.2. The minimum atomic E-state index is 0.616. The van der Waals surface area contributed by atoms with Crippen LogP contribution in [0.4, 0.5) is 0 Å². The van der Waals surface area contributed by atoms with Crippen molar-refractivity contribution in [2.45, 2.75) is 20.8 Å². The molecule has 4 rings (SSSR count). The van der Waals surface area contributed by atoms with Crippen LogP contribution in [0, 0.1) is 20.8 Å². The average molecular weight is 346 g/mol. The van der Waals surface area contributed by atoms with Crippen LogP contribution in [-0.2, 0) is 0 Å². The lowest BCUT2D eigenvalue weighted by molar-refractivity contribution is 0.111. The molecule has 2 heterocycles. The maximum Gasteiger partial charge on any atom is 0.195 e. The number of aromatic nitrogens is 2. The third-order valence-corrected chi connectivity index (χ3v) is 5.44. The molecule has 4 heteroatoms. The summed E-state index contributed by atoms with van der Waals surface area (Å²) in [5.74, 6) is 0. The van der Waals surface area contributed by atoms with Crippen LogP contribution in [0.5, 0.6) is 0 Å². The molecule has 0 aliphatic carbocycles. The van der Waals surface area contributed by atoms with Crippen LogP contribution in [-0.4, -0.2) is 15.7 Å². The third kappa shape index (κ3) is 2.50. The Morgan fingerprint density at radius 2 is 1.80 bits per heavy atom. The standard InChI is InChI=1S/C21H18N2OS/c1-13-9-10-17(14(2)11-13)19-18(12-24)23-20(15(3)25-21(23)22-19)16-7-5-4-6-8-16/h4-12H,1-3H3. The fourth-order valence-corrected chi connectivity index (χ4v) is 4.35. The number of nitrogens with zero attached hydrogens (tertiary/aromatic N) is 2. The SMILES string of the molecule is Cc1ccc(-c2nc3sc(C)c(-c4ccccc4)n3c2C=O)c(C)c1. The quantitative estimate of drug-likeness (QED) is 0.461. The molecule has 0 fully saturated rings. The second kappa shape index (κ2) is 5.97. The Kier molecular flexibility index (Phi) is 3.77. The van der Waals surface area contributed by atoms with Gasteiger partial charge < -0.3 is 0 Å². The molecule has 0 bridgehead atoms. The Balaban J connectivity index is 2.03. The van der Waals surface area contributed by atoms with Gasteiger partial charge in [0.1, 0.15) is 11.4 Å². The third-order valence-electron chi connectivity index (χ3n) is 4.48. The van der Waals surface area contributed by atoms with E-state index in [1.807, 2.05) is 22.6 Å². The topological polar surface area (TPSA) is 34.4 Å². The molecular weight excluding hydrogens is 328 g/mol. The number of carbonyl (C=O) groups is 1. The lowest BCUT2D eigenvalue weighted by atomic mass is 10.0. The molecule has 0 unspecified atom stereocenters. The van der Waals surface area contributed by atoms with Crippen molar-refractivity contribution in [3.05, 3.63) is 70.2 Å². The van der Waals surface area contributed by atoms with E-state index in [2.05, 4.69) is 51.1 Å². The van der Waals surface area contributed by atoms with Gasteiger partial charge in [0.15, 0.2) is 11.2 Å². The Hall–Kier alpha value is -2.72. The summed E-state index contributed by atoms with van der Waals surface area (Å²) in [6.45, 7) is 6.21. The zero-order chi connectivity index (χ0) is 17.6. The van der Waals surface area contributed by atoms with E-state index in [9.17, 15) is 4.79 Å². The first-order valence-electron chi connectivity index (χ1n) is 8.20. The van der Waals surface area contributed by atoms with Gasteiger partial charge in [0.25, 0.3) is 0 Å². The van der Waals surface area contributed by atoms with Gasteiger partial charge in [0, 0.05) is 10.4 Å². The van der Waals surface area contributed by atoms with Crippen molar-refractivity contribution in [3.63, 3.8) is 0 Å². The Morgan fingerprint density at radius 1 is 1.04 bits per heavy atom. The van der Waals surface area contributed by atoms with E-state index in [0.717, 1.165) is 44.2 Å². The molecule has 0 N–H and O–H groups in total. The number of thiazole rings is 1. The van der Waals surface area contributed by atoms with E-state index in [1.54, 1.807) is 11.3 Å². The molecule has 0 saturated heterocycles. The highest BCUT2D eigenvalue weighted by molar-refractivity contribution is 7.17. The van der Waals surface area contributed by atoms with Gasteiger partial charge in [-0.05, 0) is 31.9 Å². The Morgan fingerprint density at radius 3 is 2.48 bits per heavy atom. The number of hydrogen-bond acceptors (Lipinski definition) is 3. The number of aldehydes is 1. The van der Waals surface area contributed by atoms with Crippen LogP contribution in [0.15, 0.2) is 48.5 Å². The molecule has 124 valence electrons. The molecule has 3 nitrogen and oxygen atoms in total. The predicted octanol–water partition coefficient (Wildman–Crippen LogP) is 5.47. The molecule has 0 aliphatic heterocycles. The number of rotatable bonds is 3. The summed E-state index contributed by atoms with van der Waals surface area (Å²) in [6.07, 6.45) is 0.924. The van der Waals surface area contributed by atoms with E-state index >= 15 is 0 Å². The number of aryl methyl sites for hydroxylation is 3. The second-order valence-corrected chi connectivity index (χ2v) is 7.45. The number of fused-ring (bicyclic) bond motifs is 1. The molecule has 0 atom stereocenters. The van der Waals surface area contributed by atoms with Crippen molar-refractivity contribution in [2.24, 2.45) is 0 Å². The lowest BCUT2D eigenvalue weighted by Crippen LogP contribution is -1.96. The smallest absolute Gasteiger partial charge is 0.195 e. The summed E-state index contributed by atoms with van der Waals surface area (Å²) >= 11 is 1.62. The molecule has 0 saturated carbocycles. The summed E-state index contributed by atoms with van der Waals surface area (Å²) in [6, 6.07) is 16.4. The lowest BCUT2D eigenvalue weighted by Gasteiger charge is -2.07. The van der Waals surface area contributed by atoms with E-state index in [4.69, 9.17) is 4.98 Å². The van der Waals surface area contributed by atoms with Gasteiger partial charge in [-0.25, -0.2) is 4.98 Å². The Labute approximate surface area is 150 Å². The van der Waals surface area contributed by atoms with Crippen LogP contribution >= 0.6 is 11.3 Å². The number of hydrogen-bond donors (Lipinski definition) is 0. The summed E-state index contributed by atoms with van der Waals surface area (Å²) in [5, 5.41) is 0. The summed E-state index contributed by atoms with van der Waals surface area (Å²) in [7, 11) is 0. The fraction of sp³-hybridized carbons (Fsp3) is 0.143. The van der Waals surface area contributed by atoms with Gasteiger partial charge in [-0.3, -0.25) is 9.20 Å². The van der Waals surface area contributed by atoms with Crippen LogP contribution < -0.4 is 0 Å². The zero-order valence-corrected chi connectivity index (χ0v) is 15.2. The van der Waals surface area contributed by atoms with Crippen molar-refractivity contribution in [2.75, 3.05) is 0 Å². The highest BCUT2D eigenvalue weighted by Gasteiger charge is 2.21. The van der Waals surface area contributed by atoms with Crippen molar-refractivity contribution in [1.82, 2.24) is 9.38 Å². The van der Waals surface area contributed by atoms with Crippen LogP contribution in [0.3, 0.4) is 0 Å². The van der Waals surface area contributed by atoms with Gasteiger partial charge in [-0.15, -0.1) is 11.3 Å². The minimum absolute atomic E-state index is 0.616. The fourth-order valence-electron chi connectivity index (χ4n) is 3.35. The minimum Gasteiger partial charge on any atom is -0.296 e. The molecule has 2 aromatic carbocycles. The summed E-state index contributed by atoms with van der Waals surface area (Å²) < 4.78 is 2.00. The average Bonchev–Trinajstić information content (AvgIpc) is 3.09. The molecule has 4 aromatic rings. The second-order valence-electron chi connectivity index (χ2n) is 6.27. The molecule has 0 radical (unpaired) electrons. The molecule has 0 amide bonds. The summed E-state index contributed by atoms with van der Waals surface area (Å²) in [4.78, 5) is 18.8. The first-order chi connectivity index (χ1) is 12.1. The first-order valence-corrected chi connectivity index (χ1v) is 9.02. The van der Waals surface area contributed by atoms with E-state index < -0.39 is 0 Å². The Bertz CT molecular complexity index is 1090. The highest BCUT2D eigenvalue weighted by Crippen LogP contribution is 2.36. The van der Waals surface area contributed by atoms with E-state index in [0.29, 0.717) is 5.69 Å². The zero-order valence-electron chi connectivity index (χ0n) is 14.4. The van der Waals surface area contributed by atoms with E-state index in [-0.39, 0.29) is 0 Å². The van der Waals surface area contributed by atoms with E-state index in [1.165, 1.54) is 5.56 Å². The predicted molar refractivity (Wildman–Crippen MR) is 104 cm³/mol. The number of imidazole rings is 1. The highest BCUT2D eigenvalue weighted by atomic mass is 32.1. The maximum absolute atomic E-state index is 12.0. The number of benzene rings is 2. The summed E-state index contributed by atoms with van der Waals surface area (Å²) in [5.41, 5.74) is 6.87. The monoisotopic (exact) mass is 346 g/mol. The van der Waals surface area contributed by atoms with Crippen molar-refractivity contribution >= 4 is 22.6 Å². The van der Waals surface area contributed by atoms with Crippen LogP contribution in [0.2, 0.25) is 0 Å². The molecular formula is C21H18N2OS. The van der Waals surface area contributed by atoms with Crippen LogP contribution in [0.1, 0.15) is 26.5 Å². The van der Waals surface area contributed by atoms with Gasteiger partial charge in [0.05, 0.1) is 5.69 Å². The maximum atomic E-state index is 12.0. The molecule has 0 spiro atoms. The molecule has 2 aromatic heterocycles. The van der Waals surface area contributed by atoms with Crippen molar-refractivity contribution in [1.29, 1.82) is 0 Å².